The molecule has 0 heterocycles. The topological polar surface area (TPSA) is 9.23 Å². The molecule has 2 heteroatoms. The quantitative estimate of drug-likeness (QED) is 0.506. The van der Waals surface area contributed by atoms with Crippen LogP contribution in [0, 0.1) is 0 Å². The summed E-state index contributed by atoms with van der Waals surface area (Å²) in [4.78, 5) is 0. The summed E-state index contributed by atoms with van der Waals surface area (Å²) in [5, 5.41) is 0.316. The smallest absolute Gasteiger partial charge is 0.192 e. The van der Waals surface area contributed by atoms with Gasteiger partial charge in [0.1, 0.15) is 0 Å². The van der Waals surface area contributed by atoms with E-state index in [4.69, 9.17) is 4.43 Å². The molecule has 0 aromatic rings. The second-order valence-electron chi connectivity index (χ2n) is 6.39. The third-order valence-corrected chi connectivity index (χ3v) is 8.61. The van der Waals surface area contributed by atoms with Crippen molar-refractivity contribution >= 4 is 8.32 Å². The lowest BCUT2D eigenvalue weighted by Crippen LogP contribution is -2.52. The molecule has 1 aliphatic carbocycles. The molecule has 0 saturated heterocycles. The Morgan fingerprint density at radius 3 is 2.13 bits per heavy atom. The van der Waals surface area contributed by atoms with E-state index in [1.54, 1.807) is 0 Å². The average molecular weight is 226 g/mol. The van der Waals surface area contributed by atoms with E-state index >= 15 is 0 Å². The highest BCUT2D eigenvalue weighted by Crippen LogP contribution is 2.46. The summed E-state index contributed by atoms with van der Waals surface area (Å²) >= 11 is 0. The van der Waals surface area contributed by atoms with Gasteiger partial charge in [0.15, 0.2) is 8.32 Å². The first-order valence-corrected chi connectivity index (χ1v) is 8.94. The fraction of sp³-hybridized carbons (Fsp3) is 0.846. The van der Waals surface area contributed by atoms with Gasteiger partial charge in [0.25, 0.3) is 0 Å². The van der Waals surface area contributed by atoms with E-state index in [0.29, 0.717) is 5.04 Å². The van der Waals surface area contributed by atoms with Crippen molar-refractivity contribution in [2.45, 2.75) is 70.2 Å². The summed E-state index contributed by atoms with van der Waals surface area (Å²) in [6.07, 6.45) is 6.82. The minimum absolute atomic E-state index is 0.157. The van der Waals surface area contributed by atoms with Gasteiger partial charge in [-0.3, -0.25) is 0 Å². The SMILES string of the molecule is C=CCC1(O[Si](C)(C)C(C)(C)C)CCC1. The van der Waals surface area contributed by atoms with Gasteiger partial charge in [0.2, 0.25) is 0 Å². The Hall–Kier alpha value is -0.0831. The molecule has 0 amide bonds. The van der Waals surface area contributed by atoms with Crippen molar-refractivity contribution in [2.75, 3.05) is 0 Å². The minimum atomic E-state index is -1.60. The van der Waals surface area contributed by atoms with Crippen molar-refractivity contribution in [3.8, 4) is 0 Å². The van der Waals surface area contributed by atoms with Gasteiger partial charge in [-0.05, 0) is 43.8 Å². The number of hydrogen-bond acceptors (Lipinski definition) is 1. The lowest BCUT2D eigenvalue weighted by molar-refractivity contribution is -0.0169. The van der Waals surface area contributed by atoms with Gasteiger partial charge in [0, 0.05) is 0 Å². The molecule has 0 bridgehead atoms. The maximum Gasteiger partial charge on any atom is 0.192 e. The fourth-order valence-corrected chi connectivity index (χ4v) is 3.55. The Morgan fingerprint density at radius 1 is 1.33 bits per heavy atom. The summed E-state index contributed by atoms with van der Waals surface area (Å²) in [6, 6.07) is 0. The zero-order valence-electron chi connectivity index (χ0n) is 11.0. The predicted octanol–water partition coefficient (Wildman–Crippen LogP) is 4.51. The molecular formula is C13H26OSi. The molecule has 0 atom stereocenters. The molecule has 0 aromatic carbocycles. The van der Waals surface area contributed by atoms with Crippen LogP contribution in [0.3, 0.4) is 0 Å². The molecule has 0 aromatic heterocycles. The van der Waals surface area contributed by atoms with Crippen LogP contribution in [0.1, 0.15) is 46.5 Å². The van der Waals surface area contributed by atoms with Gasteiger partial charge in [-0.15, -0.1) is 6.58 Å². The molecule has 1 aliphatic rings. The van der Waals surface area contributed by atoms with Crippen molar-refractivity contribution in [2.24, 2.45) is 0 Å². The van der Waals surface area contributed by atoms with Crippen molar-refractivity contribution in [3.63, 3.8) is 0 Å². The molecule has 0 spiro atoms. The molecule has 1 nitrogen and oxygen atoms in total. The van der Waals surface area contributed by atoms with Crippen LogP contribution in [0.15, 0.2) is 12.7 Å². The molecule has 1 saturated carbocycles. The Balaban J connectivity index is 2.70. The Bertz CT molecular complexity index is 233. The first-order valence-electron chi connectivity index (χ1n) is 6.04. The van der Waals surface area contributed by atoms with Crippen LogP contribution in [0.2, 0.25) is 18.1 Å². The number of rotatable bonds is 4. The summed E-state index contributed by atoms with van der Waals surface area (Å²) in [5.74, 6) is 0. The zero-order valence-corrected chi connectivity index (χ0v) is 12.0. The van der Waals surface area contributed by atoms with Gasteiger partial charge >= 0.3 is 0 Å². The highest BCUT2D eigenvalue weighted by atomic mass is 28.4. The number of hydrogen-bond donors (Lipinski definition) is 0. The summed E-state index contributed by atoms with van der Waals surface area (Å²) in [7, 11) is -1.60. The monoisotopic (exact) mass is 226 g/mol. The largest absolute Gasteiger partial charge is 0.411 e. The Labute approximate surface area is 96.0 Å². The van der Waals surface area contributed by atoms with Crippen molar-refractivity contribution in [1.82, 2.24) is 0 Å². The maximum atomic E-state index is 6.53. The molecule has 88 valence electrons. The molecule has 0 radical (unpaired) electrons. The highest BCUT2D eigenvalue weighted by Gasteiger charge is 2.46. The van der Waals surface area contributed by atoms with Crippen LogP contribution in [0.5, 0.6) is 0 Å². The first-order chi connectivity index (χ1) is 6.72. The molecule has 0 aliphatic heterocycles. The first kappa shape index (κ1) is 13.0. The van der Waals surface area contributed by atoms with E-state index in [2.05, 4.69) is 40.4 Å². The maximum absolute atomic E-state index is 6.53. The van der Waals surface area contributed by atoms with Gasteiger partial charge in [-0.1, -0.05) is 26.8 Å². The van der Waals surface area contributed by atoms with E-state index in [-0.39, 0.29) is 5.60 Å². The van der Waals surface area contributed by atoms with Gasteiger partial charge in [0.05, 0.1) is 5.60 Å². The minimum Gasteiger partial charge on any atom is -0.411 e. The third kappa shape index (κ3) is 2.73. The normalized spacial score (nSPS) is 20.9. The molecule has 0 N–H and O–H groups in total. The van der Waals surface area contributed by atoms with Gasteiger partial charge in [-0.25, -0.2) is 0 Å². The van der Waals surface area contributed by atoms with Crippen LogP contribution < -0.4 is 0 Å². The van der Waals surface area contributed by atoms with E-state index < -0.39 is 8.32 Å². The lowest BCUT2D eigenvalue weighted by Gasteiger charge is -2.50. The fourth-order valence-electron chi connectivity index (χ4n) is 1.88. The second kappa shape index (κ2) is 4.06. The third-order valence-electron chi connectivity index (χ3n) is 4.06. The van der Waals surface area contributed by atoms with Crippen molar-refractivity contribution in [3.05, 3.63) is 12.7 Å². The van der Waals surface area contributed by atoms with Crippen LogP contribution in [-0.2, 0) is 4.43 Å². The van der Waals surface area contributed by atoms with Crippen LogP contribution in [-0.4, -0.2) is 13.9 Å². The van der Waals surface area contributed by atoms with Crippen LogP contribution in [0.25, 0.3) is 0 Å². The van der Waals surface area contributed by atoms with Crippen molar-refractivity contribution in [1.29, 1.82) is 0 Å². The van der Waals surface area contributed by atoms with E-state index in [1.807, 2.05) is 6.08 Å². The molecule has 1 rings (SSSR count). The van der Waals surface area contributed by atoms with E-state index in [0.717, 1.165) is 6.42 Å². The second-order valence-corrected chi connectivity index (χ2v) is 11.1. The molecule has 15 heavy (non-hydrogen) atoms. The molecule has 1 fully saturated rings. The Morgan fingerprint density at radius 2 is 1.87 bits per heavy atom. The standard InChI is InChI=1S/C13H26OSi/c1-7-9-13(10-8-11-13)14-15(5,6)12(2,3)4/h7H,1,8-11H2,2-6H3. The zero-order chi connectivity index (χ0) is 11.7. The predicted molar refractivity (Wildman–Crippen MR) is 69.7 cm³/mol. The summed E-state index contributed by atoms with van der Waals surface area (Å²) in [6.45, 7) is 15.5. The summed E-state index contributed by atoms with van der Waals surface area (Å²) < 4.78 is 6.53. The van der Waals surface area contributed by atoms with Gasteiger partial charge < -0.3 is 4.43 Å². The van der Waals surface area contributed by atoms with Gasteiger partial charge in [-0.2, -0.15) is 0 Å². The highest BCUT2D eigenvalue weighted by molar-refractivity contribution is 6.74. The lowest BCUT2D eigenvalue weighted by atomic mass is 9.78. The molecule has 0 unspecified atom stereocenters. The van der Waals surface area contributed by atoms with Crippen LogP contribution in [0.4, 0.5) is 0 Å². The Kier molecular flexibility index (Phi) is 3.51. The van der Waals surface area contributed by atoms with E-state index in [1.165, 1.54) is 19.3 Å². The average Bonchev–Trinajstić information content (AvgIpc) is 1.98. The molecular weight excluding hydrogens is 200 g/mol. The van der Waals surface area contributed by atoms with Crippen LogP contribution >= 0.6 is 0 Å². The van der Waals surface area contributed by atoms with E-state index in [9.17, 15) is 0 Å². The van der Waals surface area contributed by atoms with Crippen molar-refractivity contribution < 1.29 is 4.43 Å². The summed E-state index contributed by atoms with van der Waals surface area (Å²) in [5.41, 5.74) is 0.157.